The summed E-state index contributed by atoms with van der Waals surface area (Å²) in [4.78, 5) is 14.6. The van der Waals surface area contributed by atoms with Gasteiger partial charge in [-0.25, -0.2) is 8.42 Å². The first-order valence-electron chi connectivity index (χ1n) is 8.30. The molecule has 0 radical (unpaired) electrons. The van der Waals surface area contributed by atoms with Gasteiger partial charge in [0.1, 0.15) is 5.75 Å². The third kappa shape index (κ3) is 4.14. The van der Waals surface area contributed by atoms with Crippen LogP contribution in [0.3, 0.4) is 0 Å². The summed E-state index contributed by atoms with van der Waals surface area (Å²) < 4.78 is 28.9. The highest BCUT2D eigenvalue weighted by Gasteiger charge is 2.31. The van der Waals surface area contributed by atoms with Gasteiger partial charge in [0.2, 0.25) is 5.91 Å². The van der Waals surface area contributed by atoms with Crippen molar-refractivity contribution in [3.05, 3.63) is 71.1 Å². The van der Waals surface area contributed by atoms with Gasteiger partial charge < -0.3 is 9.64 Å². The first kappa shape index (κ1) is 18.2. The van der Waals surface area contributed by atoms with Gasteiger partial charge in [-0.15, -0.1) is 0 Å². The first-order chi connectivity index (χ1) is 12.4. The summed E-state index contributed by atoms with van der Waals surface area (Å²) >= 11 is 0. The van der Waals surface area contributed by atoms with E-state index in [9.17, 15) is 13.2 Å². The van der Waals surface area contributed by atoms with Gasteiger partial charge in [0.05, 0.1) is 25.3 Å². The van der Waals surface area contributed by atoms with Crippen molar-refractivity contribution < 1.29 is 17.9 Å². The summed E-state index contributed by atoms with van der Waals surface area (Å²) in [6, 6.07) is 14.3. The van der Waals surface area contributed by atoms with Crippen molar-refractivity contribution in [3.8, 4) is 5.75 Å². The van der Waals surface area contributed by atoms with E-state index in [0.717, 1.165) is 11.1 Å². The average Bonchev–Trinajstić information content (AvgIpc) is 2.95. The molecule has 1 unspecified atom stereocenters. The number of rotatable bonds is 5. The van der Waals surface area contributed by atoms with Gasteiger partial charge in [0.15, 0.2) is 9.84 Å². The molecule has 6 heteroatoms. The van der Waals surface area contributed by atoms with Gasteiger partial charge in [0.25, 0.3) is 0 Å². The maximum Gasteiger partial charge on any atom is 0.231 e. The van der Waals surface area contributed by atoms with Crippen molar-refractivity contribution in [1.82, 2.24) is 0 Å². The molecule has 3 rings (SSSR count). The van der Waals surface area contributed by atoms with E-state index < -0.39 is 15.9 Å². The fourth-order valence-electron chi connectivity index (χ4n) is 3.07. The Morgan fingerprint density at radius 2 is 1.92 bits per heavy atom. The Hall–Kier alpha value is -2.60. The number of nitrogens with zero attached hydrogens (tertiary/aromatic N) is 1. The second-order valence-corrected chi connectivity index (χ2v) is 8.28. The number of anilines is 1. The van der Waals surface area contributed by atoms with Crippen LogP contribution in [0.25, 0.3) is 0 Å². The van der Waals surface area contributed by atoms with Crippen molar-refractivity contribution in [2.24, 2.45) is 0 Å². The van der Waals surface area contributed by atoms with Crippen LogP contribution in [0.4, 0.5) is 5.69 Å². The fraction of sp³-hybridized carbons (Fsp3) is 0.250. The molecule has 0 bridgehead atoms. The third-order valence-corrected chi connectivity index (χ3v) is 5.68. The molecule has 0 saturated carbocycles. The fourth-order valence-corrected chi connectivity index (χ4v) is 4.33. The Labute approximate surface area is 153 Å². The molecular formula is C20H21NO4S. The molecule has 1 aliphatic rings. The van der Waals surface area contributed by atoms with Crippen LogP contribution < -0.4 is 9.64 Å². The highest BCUT2D eigenvalue weighted by molar-refractivity contribution is 7.94. The third-order valence-electron chi connectivity index (χ3n) is 4.30. The SMILES string of the molecule is COc1ccc(N(C(=O)Cc2cccc(C)c2)C2C=CS(=O)(=O)C2)cc1. The summed E-state index contributed by atoms with van der Waals surface area (Å²) in [6.45, 7) is 1.97. The second-order valence-electron chi connectivity index (χ2n) is 6.35. The van der Waals surface area contributed by atoms with Gasteiger partial charge in [-0.3, -0.25) is 4.79 Å². The molecular weight excluding hydrogens is 350 g/mol. The van der Waals surface area contributed by atoms with E-state index >= 15 is 0 Å². The predicted molar refractivity (Wildman–Crippen MR) is 102 cm³/mol. The zero-order valence-corrected chi connectivity index (χ0v) is 15.6. The number of methoxy groups -OCH3 is 1. The number of hydrogen-bond donors (Lipinski definition) is 0. The number of amides is 1. The standard InChI is InChI=1S/C20H21NO4S/c1-15-4-3-5-16(12-15)13-20(22)21(18-10-11-26(23,24)14-18)17-6-8-19(25-2)9-7-17/h3-12,18H,13-14H2,1-2H3. The summed E-state index contributed by atoms with van der Waals surface area (Å²) in [5, 5.41) is 1.19. The molecule has 1 heterocycles. The van der Waals surface area contributed by atoms with Crippen molar-refractivity contribution in [2.45, 2.75) is 19.4 Å². The van der Waals surface area contributed by atoms with Crippen molar-refractivity contribution in [1.29, 1.82) is 0 Å². The summed E-state index contributed by atoms with van der Waals surface area (Å²) in [5.74, 6) is 0.431. The van der Waals surface area contributed by atoms with E-state index in [1.165, 1.54) is 5.41 Å². The topological polar surface area (TPSA) is 63.7 Å². The van der Waals surface area contributed by atoms with Gasteiger partial charge in [-0.05, 0) is 42.8 Å². The van der Waals surface area contributed by atoms with Crippen LogP contribution in [0.2, 0.25) is 0 Å². The van der Waals surface area contributed by atoms with Crippen LogP contribution in [-0.4, -0.2) is 33.2 Å². The van der Waals surface area contributed by atoms with Gasteiger partial charge >= 0.3 is 0 Å². The molecule has 0 fully saturated rings. The lowest BCUT2D eigenvalue weighted by molar-refractivity contribution is -0.118. The largest absolute Gasteiger partial charge is 0.497 e. The number of aryl methyl sites for hydroxylation is 1. The maximum atomic E-state index is 13.0. The van der Waals surface area contributed by atoms with Crippen LogP contribution in [0.1, 0.15) is 11.1 Å². The Bertz CT molecular complexity index is 933. The summed E-state index contributed by atoms with van der Waals surface area (Å²) in [7, 11) is -1.70. The zero-order valence-electron chi connectivity index (χ0n) is 14.8. The molecule has 136 valence electrons. The number of benzene rings is 2. The molecule has 0 aromatic heterocycles. The second kappa shape index (κ2) is 7.33. The van der Waals surface area contributed by atoms with Crippen LogP contribution in [0.5, 0.6) is 5.75 Å². The number of carbonyl (C=O) groups excluding carboxylic acids is 1. The minimum absolute atomic E-state index is 0.0986. The van der Waals surface area contributed by atoms with Crippen LogP contribution in [-0.2, 0) is 21.1 Å². The predicted octanol–water partition coefficient (Wildman–Crippen LogP) is 2.89. The van der Waals surface area contributed by atoms with E-state index in [-0.39, 0.29) is 18.1 Å². The molecule has 0 N–H and O–H groups in total. The molecule has 0 aliphatic carbocycles. The molecule has 1 atom stereocenters. The normalized spacial score (nSPS) is 17.8. The van der Waals surface area contributed by atoms with E-state index in [1.807, 2.05) is 31.2 Å². The van der Waals surface area contributed by atoms with Gasteiger partial charge in [-0.2, -0.15) is 0 Å². The molecule has 1 aliphatic heterocycles. The van der Waals surface area contributed by atoms with Crippen molar-refractivity contribution in [2.75, 3.05) is 17.8 Å². The Morgan fingerprint density at radius 3 is 2.50 bits per heavy atom. The van der Waals surface area contributed by atoms with Crippen LogP contribution >= 0.6 is 0 Å². The van der Waals surface area contributed by atoms with E-state index in [1.54, 1.807) is 42.4 Å². The Kier molecular flexibility index (Phi) is 5.13. The molecule has 0 spiro atoms. The number of ether oxygens (including phenoxy) is 1. The lowest BCUT2D eigenvalue weighted by Crippen LogP contribution is -2.42. The molecule has 26 heavy (non-hydrogen) atoms. The van der Waals surface area contributed by atoms with Crippen molar-refractivity contribution in [3.63, 3.8) is 0 Å². The first-order valence-corrected chi connectivity index (χ1v) is 10.0. The summed E-state index contributed by atoms with van der Waals surface area (Å²) in [5.41, 5.74) is 2.63. The lowest BCUT2D eigenvalue weighted by atomic mass is 10.1. The molecule has 1 amide bonds. The highest BCUT2D eigenvalue weighted by atomic mass is 32.2. The maximum absolute atomic E-state index is 13.0. The van der Waals surface area contributed by atoms with E-state index in [4.69, 9.17) is 4.74 Å². The smallest absolute Gasteiger partial charge is 0.231 e. The van der Waals surface area contributed by atoms with Crippen molar-refractivity contribution >= 4 is 21.4 Å². The van der Waals surface area contributed by atoms with Crippen LogP contribution in [0, 0.1) is 6.92 Å². The molecule has 2 aromatic carbocycles. The van der Waals surface area contributed by atoms with E-state index in [0.29, 0.717) is 11.4 Å². The quantitative estimate of drug-likeness (QED) is 0.811. The van der Waals surface area contributed by atoms with Crippen LogP contribution in [0.15, 0.2) is 60.0 Å². The molecule has 2 aromatic rings. The number of carbonyl (C=O) groups is 1. The molecule has 5 nitrogen and oxygen atoms in total. The highest BCUT2D eigenvalue weighted by Crippen LogP contribution is 2.26. The van der Waals surface area contributed by atoms with Gasteiger partial charge in [0, 0.05) is 11.1 Å². The van der Waals surface area contributed by atoms with E-state index in [2.05, 4.69) is 0 Å². The number of hydrogen-bond acceptors (Lipinski definition) is 4. The minimum atomic E-state index is -3.27. The molecule has 0 saturated heterocycles. The summed E-state index contributed by atoms with van der Waals surface area (Å²) in [6.07, 6.45) is 1.78. The Morgan fingerprint density at radius 1 is 1.19 bits per heavy atom. The monoisotopic (exact) mass is 371 g/mol. The van der Waals surface area contributed by atoms with Gasteiger partial charge in [-0.1, -0.05) is 29.8 Å². The minimum Gasteiger partial charge on any atom is -0.497 e. The zero-order chi connectivity index (χ0) is 18.7. The lowest BCUT2D eigenvalue weighted by Gasteiger charge is -2.28. The number of sulfone groups is 1. The Balaban J connectivity index is 1.91. The average molecular weight is 371 g/mol.